The summed E-state index contributed by atoms with van der Waals surface area (Å²) in [6.07, 6.45) is -2.95. The van der Waals surface area contributed by atoms with E-state index in [1.807, 2.05) is 22.6 Å². The Labute approximate surface area is 155 Å². The molecule has 0 spiro atoms. The lowest BCUT2D eigenvalue weighted by Gasteiger charge is -2.12. The first-order valence-electron chi connectivity index (χ1n) is 5.86. The van der Waals surface area contributed by atoms with Gasteiger partial charge < -0.3 is 0 Å². The summed E-state index contributed by atoms with van der Waals surface area (Å²) in [4.78, 5) is 0. The quantitative estimate of drug-likeness (QED) is 0.402. The number of alkyl halides is 3. The maximum atomic E-state index is 12.8. The van der Waals surface area contributed by atoms with E-state index in [0.717, 1.165) is 19.7 Å². The Hall–Kier alpha value is -1.02. The molecule has 0 unspecified atom stereocenters. The first kappa shape index (κ1) is 16.8. The smallest absolute Gasteiger partial charge is 0.236 e. The fourth-order valence-electron chi connectivity index (χ4n) is 2.01. The third kappa shape index (κ3) is 2.91. The van der Waals surface area contributed by atoms with Gasteiger partial charge in [0.25, 0.3) is 0 Å². The average molecular weight is 488 g/mol. The van der Waals surface area contributed by atoms with Gasteiger partial charge in [-0.05, 0) is 34.7 Å². The highest BCUT2D eigenvalue weighted by atomic mass is 127. The topological polar surface area (TPSA) is 41.6 Å². The fourth-order valence-corrected chi connectivity index (χ4v) is 4.58. The molecule has 3 nitrogen and oxygen atoms in total. The first-order valence-corrected chi connectivity index (χ1v) is 8.52. The molecule has 0 saturated carbocycles. The van der Waals surface area contributed by atoms with Crippen LogP contribution in [0.4, 0.5) is 13.2 Å². The minimum absolute atomic E-state index is 0.142. The van der Waals surface area contributed by atoms with Gasteiger partial charge in [0.05, 0.1) is 23.2 Å². The lowest BCUT2D eigenvalue weighted by atomic mass is 10.2. The highest BCUT2D eigenvalue weighted by molar-refractivity contribution is 14.1. The van der Waals surface area contributed by atoms with Crippen molar-refractivity contribution in [2.75, 3.05) is 0 Å². The van der Waals surface area contributed by atoms with Crippen molar-refractivity contribution in [1.29, 1.82) is 5.26 Å². The van der Waals surface area contributed by atoms with Crippen molar-refractivity contribution >= 4 is 67.3 Å². The summed E-state index contributed by atoms with van der Waals surface area (Å²) in [6, 6.07) is 3.65. The molecule has 3 rings (SSSR count). The number of hydrogen-bond acceptors (Lipinski definition) is 3. The molecule has 0 saturated heterocycles. The van der Waals surface area contributed by atoms with Crippen molar-refractivity contribution in [1.82, 2.24) is 9.78 Å². The van der Waals surface area contributed by atoms with Crippen LogP contribution in [0, 0.1) is 14.2 Å². The van der Waals surface area contributed by atoms with Gasteiger partial charge in [0.2, 0.25) is 0 Å². The van der Waals surface area contributed by atoms with Gasteiger partial charge in [-0.3, -0.25) is 0 Å². The van der Waals surface area contributed by atoms with Crippen LogP contribution in [0.25, 0.3) is 15.9 Å². The van der Waals surface area contributed by atoms with E-state index >= 15 is 0 Å². The number of aromatic nitrogens is 2. The van der Waals surface area contributed by atoms with E-state index in [9.17, 15) is 13.2 Å². The van der Waals surface area contributed by atoms with Crippen molar-refractivity contribution in [3.8, 4) is 11.8 Å². The van der Waals surface area contributed by atoms with Gasteiger partial charge in [-0.1, -0.05) is 23.2 Å². The second-order valence-corrected chi connectivity index (χ2v) is 8.11. The Morgan fingerprint density at radius 3 is 2.39 bits per heavy atom. The summed E-state index contributed by atoms with van der Waals surface area (Å²) in [7, 11) is 0. The second kappa shape index (κ2) is 5.81. The van der Waals surface area contributed by atoms with Gasteiger partial charge in [-0.25, -0.2) is 4.68 Å². The molecule has 0 aliphatic carbocycles. The van der Waals surface area contributed by atoms with Crippen molar-refractivity contribution < 1.29 is 13.2 Å². The fraction of sp³-hybridized carbons (Fsp3) is 0.0769. The van der Waals surface area contributed by atoms with Gasteiger partial charge >= 0.3 is 6.18 Å². The second-order valence-electron chi connectivity index (χ2n) is 4.44. The van der Waals surface area contributed by atoms with Crippen molar-refractivity contribution in [2.24, 2.45) is 0 Å². The van der Waals surface area contributed by atoms with E-state index in [2.05, 4.69) is 11.2 Å². The Balaban J connectivity index is 2.20. The van der Waals surface area contributed by atoms with Crippen LogP contribution < -0.4 is 0 Å². The summed E-state index contributed by atoms with van der Waals surface area (Å²) >= 11 is 15.3. The lowest BCUT2D eigenvalue weighted by molar-refractivity contribution is -0.137. The van der Waals surface area contributed by atoms with Gasteiger partial charge in [-0.15, -0.1) is 11.3 Å². The van der Waals surface area contributed by atoms with E-state index in [1.165, 1.54) is 16.0 Å². The van der Waals surface area contributed by atoms with Gasteiger partial charge in [-0.2, -0.15) is 23.5 Å². The summed E-state index contributed by atoms with van der Waals surface area (Å²) in [6.45, 7) is 0. The van der Waals surface area contributed by atoms with Crippen LogP contribution in [0.15, 0.2) is 18.3 Å². The van der Waals surface area contributed by atoms with E-state index in [1.54, 1.807) is 6.20 Å². The molecule has 0 aliphatic rings. The number of halogens is 6. The molecule has 118 valence electrons. The predicted octanol–water partition coefficient (Wildman–Crippen LogP) is 5.89. The van der Waals surface area contributed by atoms with Crippen LogP contribution in [0.2, 0.25) is 10.0 Å². The summed E-state index contributed by atoms with van der Waals surface area (Å²) in [5, 5.41) is 13.0. The zero-order chi connectivity index (χ0) is 16.9. The van der Waals surface area contributed by atoms with Crippen LogP contribution in [-0.4, -0.2) is 9.78 Å². The summed E-state index contributed by atoms with van der Waals surface area (Å²) in [5.74, 6) is 0. The van der Waals surface area contributed by atoms with Crippen LogP contribution in [0.5, 0.6) is 0 Å². The molecule has 0 aliphatic heterocycles. The van der Waals surface area contributed by atoms with Crippen molar-refractivity contribution in [2.45, 2.75) is 6.18 Å². The zero-order valence-corrected chi connectivity index (χ0v) is 15.2. The highest BCUT2D eigenvalue weighted by Gasteiger charge is 2.32. The highest BCUT2D eigenvalue weighted by Crippen LogP contribution is 2.39. The van der Waals surface area contributed by atoms with Crippen LogP contribution in [0.3, 0.4) is 0 Å². The standard InChI is InChI=1S/C13H3Cl2F3IN3S/c14-7-1-5(13(16,17)18)2-8(15)11(7)22-4-9-10(21-22)6(3-20)12(19)23-9/h1-2,4H. The molecule has 0 radical (unpaired) electrons. The van der Waals surface area contributed by atoms with Gasteiger partial charge in [0, 0.05) is 6.20 Å². The van der Waals surface area contributed by atoms with Gasteiger partial charge in [0.1, 0.15) is 22.8 Å². The predicted molar refractivity (Wildman–Crippen MR) is 91.4 cm³/mol. The Kier molecular flexibility index (Phi) is 4.25. The van der Waals surface area contributed by atoms with E-state index < -0.39 is 11.7 Å². The molecule has 0 N–H and O–H groups in total. The Morgan fingerprint density at radius 1 is 1.26 bits per heavy atom. The van der Waals surface area contributed by atoms with E-state index in [-0.39, 0.29) is 15.7 Å². The van der Waals surface area contributed by atoms with Gasteiger partial charge in [0.15, 0.2) is 0 Å². The molecule has 2 heterocycles. The maximum absolute atomic E-state index is 12.8. The molecule has 10 heteroatoms. The number of benzene rings is 1. The van der Waals surface area contributed by atoms with E-state index in [0.29, 0.717) is 11.1 Å². The average Bonchev–Trinajstić information content (AvgIpc) is 2.93. The minimum Gasteiger partial charge on any atom is -0.236 e. The molecule has 2 aromatic heterocycles. The molecule has 0 bridgehead atoms. The molecular formula is C13H3Cl2F3IN3S. The monoisotopic (exact) mass is 487 g/mol. The minimum atomic E-state index is -4.54. The molecule has 3 aromatic rings. The number of thiophene rings is 1. The third-order valence-corrected chi connectivity index (χ3v) is 5.68. The number of fused-ring (bicyclic) bond motifs is 1. The third-order valence-electron chi connectivity index (χ3n) is 3.00. The molecule has 1 aromatic carbocycles. The largest absolute Gasteiger partial charge is 0.416 e. The Morgan fingerprint density at radius 2 is 1.87 bits per heavy atom. The van der Waals surface area contributed by atoms with Crippen LogP contribution in [0.1, 0.15) is 11.1 Å². The first-order chi connectivity index (χ1) is 10.7. The zero-order valence-electron chi connectivity index (χ0n) is 10.7. The summed E-state index contributed by atoms with van der Waals surface area (Å²) in [5.41, 5.74) is 0.0959. The number of nitrogens with zero attached hydrogens (tertiary/aromatic N) is 3. The summed E-state index contributed by atoms with van der Waals surface area (Å²) < 4.78 is 41.1. The van der Waals surface area contributed by atoms with Crippen molar-refractivity contribution in [3.05, 3.63) is 42.4 Å². The number of nitriles is 1. The molecular weight excluding hydrogens is 485 g/mol. The normalized spacial score (nSPS) is 11.9. The molecule has 0 fully saturated rings. The van der Waals surface area contributed by atoms with E-state index in [4.69, 9.17) is 28.5 Å². The molecule has 0 atom stereocenters. The maximum Gasteiger partial charge on any atom is 0.416 e. The van der Waals surface area contributed by atoms with Crippen molar-refractivity contribution in [3.63, 3.8) is 0 Å². The number of hydrogen-bond donors (Lipinski definition) is 0. The van der Waals surface area contributed by atoms with Crippen LogP contribution in [-0.2, 0) is 6.18 Å². The Bertz CT molecular complexity index is 948. The molecule has 23 heavy (non-hydrogen) atoms. The number of rotatable bonds is 1. The van der Waals surface area contributed by atoms with Crippen LogP contribution >= 0.6 is 57.1 Å². The lowest BCUT2D eigenvalue weighted by Crippen LogP contribution is -2.07. The molecule has 0 amide bonds. The SMILES string of the molecule is N#Cc1c(I)sc2cn(-c3c(Cl)cc(C(F)(F)F)cc3Cl)nc12.